The molecule has 0 bridgehead atoms. The minimum atomic E-state index is -0.980. The molecule has 2 fully saturated rings. The molecule has 0 radical (unpaired) electrons. The van der Waals surface area contributed by atoms with Gasteiger partial charge in [-0.05, 0) is 26.7 Å². The molecule has 1 aromatic heterocycles. The molecule has 0 spiro atoms. The predicted molar refractivity (Wildman–Crippen MR) is 147 cm³/mol. The largest absolute Gasteiger partial charge is 0.400 e. The zero-order valence-electron chi connectivity index (χ0n) is 22.5. The van der Waals surface area contributed by atoms with Crippen molar-refractivity contribution in [3.05, 3.63) is 68.5 Å². The summed E-state index contributed by atoms with van der Waals surface area (Å²) >= 11 is 3.04. The number of nitrogens with zero attached hydrogens (tertiary/aromatic N) is 2. The van der Waals surface area contributed by atoms with E-state index in [4.69, 9.17) is 12.1 Å². The summed E-state index contributed by atoms with van der Waals surface area (Å²) in [5.74, 6) is 1.46. The zero-order valence-corrected chi connectivity index (χ0v) is 23.0. The van der Waals surface area contributed by atoms with Crippen LogP contribution in [0.3, 0.4) is 0 Å². The zero-order chi connectivity index (χ0) is 27.5. The number of aliphatic hydroxyl groups excluding tert-OH is 1. The molecule has 2 N–H and O–H groups in total. The lowest BCUT2D eigenvalue weighted by atomic mass is 10.2. The van der Waals surface area contributed by atoms with Crippen molar-refractivity contribution in [3.8, 4) is 0 Å². The number of aryl methyl sites for hydroxylation is 1. The Balaban J connectivity index is 0.00000127. The first kappa shape index (κ1) is 26.2. The number of nitrogens with one attached hydrogen (secondary N) is 1. The van der Waals surface area contributed by atoms with Crippen LogP contribution in [0.25, 0.3) is 0 Å². The molecule has 0 aliphatic carbocycles. The number of ether oxygens (including phenoxy) is 1. The SMILES string of the molecule is [2H]C[C@H]1O[C@@H](n2cc(C)c(=O)[nH]c2=O)CC1OP(SCCSC(=O)c1ccccc1)N1CCCC1.[3H]OC. The number of aromatic nitrogens is 2. The van der Waals surface area contributed by atoms with E-state index in [0.717, 1.165) is 31.7 Å². The molecule has 9 nitrogen and oxygen atoms in total. The molecule has 4 atom stereocenters. The molecule has 198 valence electrons. The highest BCUT2D eigenvalue weighted by Gasteiger charge is 2.38. The summed E-state index contributed by atoms with van der Waals surface area (Å²) in [6.45, 7) is 3.60. The number of thioether (sulfide) groups is 1. The molecule has 2 aliphatic heterocycles. The van der Waals surface area contributed by atoms with Crippen LogP contribution < -0.4 is 11.2 Å². The van der Waals surface area contributed by atoms with Crippen LogP contribution in [0.4, 0.5) is 0 Å². The van der Waals surface area contributed by atoms with E-state index in [1.165, 1.54) is 29.6 Å². The van der Waals surface area contributed by atoms with E-state index in [0.29, 0.717) is 23.3 Å². The molecule has 3 heterocycles. The van der Waals surface area contributed by atoms with Gasteiger partial charge >= 0.3 is 5.69 Å². The smallest absolute Gasteiger partial charge is 0.330 e. The summed E-state index contributed by atoms with van der Waals surface area (Å²) in [5, 5.41) is 3.57. The van der Waals surface area contributed by atoms with Gasteiger partial charge in [0.25, 0.3) is 5.56 Å². The predicted octanol–water partition coefficient (Wildman–Crippen LogP) is 3.78. The highest BCUT2D eigenvalue weighted by Crippen LogP contribution is 2.57. The van der Waals surface area contributed by atoms with Gasteiger partial charge < -0.3 is 14.4 Å². The number of hydrogen-bond acceptors (Lipinski definition) is 9. The molecular weight excluding hydrogens is 521 g/mol. The van der Waals surface area contributed by atoms with Crippen LogP contribution in [0.1, 0.15) is 49.7 Å². The topological polar surface area (TPSA) is 114 Å². The van der Waals surface area contributed by atoms with Crippen LogP contribution in [0.2, 0.25) is 0 Å². The Bertz CT molecular complexity index is 1140. The van der Waals surface area contributed by atoms with Crippen molar-refractivity contribution in [2.75, 3.05) is 31.7 Å². The maximum absolute atomic E-state index is 12.4. The van der Waals surface area contributed by atoms with Gasteiger partial charge in [0.1, 0.15) is 6.23 Å². The molecule has 2 unspecified atom stereocenters. The first-order chi connectivity index (χ1) is 18.4. The van der Waals surface area contributed by atoms with E-state index in [-0.39, 0.29) is 18.1 Å². The van der Waals surface area contributed by atoms with Crippen molar-refractivity contribution >= 4 is 35.8 Å². The second-order valence-corrected chi connectivity index (χ2v) is 12.9. The number of carbonyl (C=O) groups excluding carboxylic acids is 1. The Morgan fingerprint density at radius 2 is 2.06 bits per heavy atom. The standard InChI is InChI=1S/C23H30N3O5PS2.CH4O/c1-16-15-26(23(29)24-21(16)27)20-14-19(17(2)30-20)31-32(25-10-6-7-11-25)34-13-12-33-22(28)18-8-4-3-5-9-18;1-2/h3-5,8-9,15,17,19-20H,6-7,10-14H2,1-2H3,(H,24,27,29);2H,1H3/t17-,19?,20-,32?;/m1./s1/i2D;2T. The van der Waals surface area contributed by atoms with Crippen molar-refractivity contribution in [1.29, 1.82) is 1.43 Å². The molecule has 2 aliphatic rings. The molecule has 12 heteroatoms. The lowest BCUT2D eigenvalue weighted by Gasteiger charge is -2.29. The molecule has 1 aromatic carbocycles. The van der Waals surface area contributed by atoms with Gasteiger partial charge in [-0.25, -0.2) is 4.79 Å². The van der Waals surface area contributed by atoms with E-state index < -0.39 is 31.1 Å². The van der Waals surface area contributed by atoms with Crippen molar-refractivity contribution in [1.82, 2.24) is 14.2 Å². The van der Waals surface area contributed by atoms with Crippen LogP contribution in [-0.2, 0) is 9.26 Å². The summed E-state index contributed by atoms with van der Waals surface area (Å²) < 4.78 is 30.0. The Labute approximate surface area is 223 Å². The van der Waals surface area contributed by atoms with Gasteiger partial charge in [0.2, 0.25) is 6.55 Å². The fourth-order valence-corrected chi connectivity index (χ4v) is 9.18. The van der Waals surface area contributed by atoms with E-state index in [1.807, 2.05) is 30.3 Å². The van der Waals surface area contributed by atoms with E-state index >= 15 is 0 Å². The van der Waals surface area contributed by atoms with Crippen LogP contribution in [0.5, 0.6) is 0 Å². The lowest BCUT2D eigenvalue weighted by molar-refractivity contribution is -0.00577. The molecule has 4 rings (SSSR count). The Hall–Kier alpha value is -1.46. The first-order valence-corrected chi connectivity index (χ1v) is 15.5. The van der Waals surface area contributed by atoms with E-state index in [9.17, 15) is 14.4 Å². The molecular formula is C24H34N3O6PS2. The minimum Gasteiger partial charge on any atom is -0.400 e. The third kappa shape index (κ3) is 7.77. The van der Waals surface area contributed by atoms with Gasteiger partial charge in [0, 0.05) is 56.8 Å². The molecule has 0 amide bonds. The van der Waals surface area contributed by atoms with Gasteiger partial charge in [0.15, 0.2) is 7.50 Å². The second kappa shape index (κ2) is 14.5. The Kier molecular flexibility index (Phi) is 10.5. The van der Waals surface area contributed by atoms with E-state index in [2.05, 4.69) is 14.8 Å². The number of carbonyl (C=O) groups is 1. The molecule has 36 heavy (non-hydrogen) atoms. The molecule has 0 saturated carbocycles. The number of rotatable bonds is 9. The summed E-state index contributed by atoms with van der Waals surface area (Å²) in [6, 6.07) is 9.29. The number of H-pyrrole nitrogens is 1. The maximum Gasteiger partial charge on any atom is 0.330 e. The van der Waals surface area contributed by atoms with Crippen LogP contribution in [0, 0.1) is 6.92 Å². The van der Waals surface area contributed by atoms with Gasteiger partial charge in [-0.3, -0.25) is 23.8 Å². The minimum absolute atomic E-state index is 0.0214. The van der Waals surface area contributed by atoms with Crippen molar-refractivity contribution in [3.63, 3.8) is 0 Å². The van der Waals surface area contributed by atoms with Gasteiger partial charge in [-0.1, -0.05) is 53.5 Å². The third-order valence-corrected chi connectivity index (χ3v) is 10.9. The van der Waals surface area contributed by atoms with Crippen LogP contribution >= 0.6 is 30.6 Å². The third-order valence-electron chi connectivity index (χ3n) is 5.70. The van der Waals surface area contributed by atoms with Gasteiger partial charge in [-0.15, -0.1) is 0 Å². The normalized spacial score (nSPS) is 23.4. The van der Waals surface area contributed by atoms with Crippen LogP contribution in [-0.4, -0.2) is 69.8 Å². The highest BCUT2D eigenvalue weighted by molar-refractivity contribution is 8.53. The number of aliphatic hydroxyl groups is 1. The quantitative estimate of drug-likeness (QED) is 0.351. The van der Waals surface area contributed by atoms with Crippen molar-refractivity contribution in [2.45, 2.75) is 51.5 Å². The summed E-state index contributed by atoms with van der Waals surface area (Å²) in [4.78, 5) is 38.8. The average Bonchev–Trinajstić information content (AvgIpc) is 3.59. The summed E-state index contributed by atoms with van der Waals surface area (Å²) in [6.07, 6.45) is 2.83. The number of benzene rings is 1. The fraction of sp³-hybridized carbons (Fsp3) is 0.542. The monoisotopic (exact) mass is 558 g/mol. The second-order valence-electron chi connectivity index (χ2n) is 8.22. The number of aromatic amines is 1. The maximum atomic E-state index is 12.4. The summed E-state index contributed by atoms with van der Waals surface area (Å²) in [5.41, 5.74) is 0.205. The number of hydrogen-bond donors (Lipinski definition) is 2. The highest BCUT2D eigenvalue weighted by atomic mass is 32.7. The van der Waals surface area contributed by atoms with Gasteiger partial charge in [-0.2, -0.15) is 0 Å². The lowest BCUT2D eigenvalue weighted by Crippen LogP contribution is -2.33. The first-order valence-electron chi connectivity index (χ1n) is 12.8. The molecule has 2 aromatic rings. The van der Waals surface area contributed by atoms with E-state index in [1.54, 1.807) is 18.3 Å². The van der Waals surface area contributed by atoms with Crippen LogP contribution in [0.15, 0.2) is 46.1 Å². The average molecular weight is 559 g/mol. The Morgan fingerprint density at radius 1 is 1.33 bits per heavy atom. The summed E-state index contributed by atoms with van der Waals surface area (Å²) in [7, 11) is 0.311. The van der Waals surface area contributed by atoms with Crippen molar-refractivity contribution < 1.29 is 20.5 Å². The molecule has 2 saturated heterocycles. The fourth-order valence-electron chi connectivity index (χ4n) is 3.85. The van der Waals surface area contributed by atoms with Gasteiger partial charge in [0.05, 0.1) is 12.2 Å². The Morgan fingerprint density at radius 3 is 2.75 bits per heavy atom. The van der Waals surface area contributed by atoms with Crippen molar-refractivity contribution in [2.24, 2.45) is 0 Å².